The Hall–Kier alpha value is -2.70. The zero-order chi connectivity index (χ0) is 16.6. The van der Waals surface area contributed by atoms with E-state index >= 15 is 0 Å². The van der Waals surface area contributed by atoms with Gasteiger partial charge in [0.15, 0.2) is 23.3 Å². The Morgan fingerprint density at radius 2 is 0.682 bits per heavy atom. The lowest BCUT2D eigenvalue weighted by atomic mass is 10.2. The van der Waals surface area contributed by atoms with Crippen LogP contribution in [0.1, 0.15) is 11.1 Å². The second kappa shape index (κ2) is 5.59. The van der Waals surface area contributed by atoms with Crippen molar-refractivity contribution in [2.24, 2.45) is 0 Å². The molecule has 0 radical (unpaired) electrons. The summed E-state index contributed by atoms with van der Waals surface area (Å²) in [4.78, 5) is 4.44. The third-order valence-corrected chi connectivity index (χ3v) is 2.31. The number of rotatable bonds is 0. The molecule has 114 valence electrons. The van der Waals surface area contributed by atoms with Crippen LogP contribution in [0.15, 0.2) is 0 Å². The average molecular weight is 324 g/mol. The molecular formula is C12F8N2. The molecule has 0 aromatic carbocycles. The molecule has 0 bridgehead atoms. The number of hydrogen-bond donors (Lipinski definition) is 0. The van der Waals surface area contributed by atoms with Crippen molar-refractivity contribution in [2.75, 3.05) is 0 Å². The van der Waals surface area contributed by atoms with Crippen LogP contribution >= 0.6 is 0 Å². The maximum Gasteiger partial charge on any atom is 0.253 e. The Morgan fingerprint density at radius 3 is 0.909 bits per heavy atom. The highest BCUT2D eigenvalue weighted by molar-refractivity contribution is 5.44. The first kappa shape index (κ1) is 15.7. The lowest BCUT2D eigenvalue weighted by molar-refractivity contribution is 0.403. The van der Waals surface area contributed by atoms with Gasteiger partial charge in [0.2, 0.25) is 0 Å². The van der Waals surface area contributed by atoms with Crippen molar-refractivity contribution >= 4 is 0 Å². The lowest BCUT2D eigenvalue weighted by Crippen LogP contribution is -2.05. The van der Waals surface area contributed by atoms with Crippen LogP contribution in [0.25, 0.3) is 0 Å². The van der Waals surface area contributed by atoms with Gasteiger partial charge in [-0.1, -0.05) is 11.8 Å². The van der Waals surface area contributed by atoms with Gasteiger partial charge in [-0.25, -0.2) is 17.6 Å². The highest BCUT2D eigenvalue weighted by atomic mass is 19.2. The highest BCUT2D eigenvalue weighted by Crippen LogP contribution is 2.18. The summed E-state index contributed by atoms with van der Waals surface area (Å²) in [6, 6.07) is 0. The number of aromatic nitrogens is 2. The number of halogens is 8. The SMILES string of the molecule is Fc1nc(F)c(F)c(C#Cc2c(F)c(F)nc(F)c2F)c1F. The minimum Gasteiger partial charge on any atom is -0.200 e. The minimum absolute atomic E-state index is 1.35. The maximum absolute atomic E-state index is 13.2. The Balaban J connectivity index is 2.68. The molecule has 0 atom stereocenters. The molecule has 0 unspecified atom stereocenters. The van der Waals surface area contributed by atoms with Crippen molar-refractivity contribution in [2.45, 2.75) is 0 Å². The summed E-state index contributed by atoms with van der Waals surface area (Å²) >= 11 is 0. The summed E-state index contributed by atoms with van der Waals surface area (Å²) in [5.41, 5.74) is -3.11. The van der Waals surface area contributed by atoms with Crippen molar-refractivity contribution in [3.8, 4) is 11.8 Å². The van der Waals surface area contributed by atoms with Gasteiger partial charge in [0.1, 0.15) is 11.1 Å². The van der Waals surface area contributed by atoms with Gasteiger partial charge in [-0.15, -0.1) is 0 Å². The van der Waals surface area contributed by atoms with Crippen molar-refractivity contribution < 1.29 is 35.1 Å². The summed E-state index contributed by atoms with van der Waals surface area (Å²) in [5, 5.41) is 0. The Bertz CT molecular complexity index is 718. The second-order valence-electron chi connectivity index (χ2n) is 3.64. The molecule has 0 saturated carbocycles. The van der Waals surface area contributed by atoms with E-state index in [1.165, 1.54) is 11.8 Å². The van der Waals surface area contributed by atoms with E-state index in [9.17, 15) is 35.1 Å². The van der Waals surface area contributed by atoms with E-state index in [2.05, 4.69) is 9.97 Å². The molecule has 0 saturated heterocycles. The fourth-order valence-corrected chi connectivity index (χ4v) is 1.32. The molecule has 0 N–H and O–H groups in total. The fourth-order valence-electron chi connectivity index (χ4n) is 1.32. The quantitative estimate of drug-likeness (QED) is 0.423. The van der Waals surface area contributed by atoms with Crippen LogP contribution in [-0.4, -0.2) is 9.97 Å². The molecule has 0 aliphatic rings. The molecule has 0 fully saturated rings. The summed E-state index contributed by atoms with van der Waals surface area (Å²) in [6.07, 6.45) is 0. The van der Waals surface area contributed by atoms with Crippen LogP contribution in [0.5, 0.6) is 0 Å². The molecule has 0 aliphatic carbocycles. The van der Waals surface area contributed by atoms with Crippen LogP contribution in [-0.2, 0) is 0 Å². The van der Waals surface area contributed by atoms with E-state index in [-0.39, 0.29) is 0 Å². The van der Waals surface area contributed by atoms with E-state index < -0.39 is 58.2 Å². The average Bonchev–Trinajstić information content (AvgIpc) is 2.46. The molecule has 2 aromatic rings. The van der Waals surface area contributed by atoms with Crippen molar-refractivity contribution in [3.63, 3.8) is 0 Å². The van der Waals surface area contributed by atoms with Gasteiger partial charge in [-0.3, -0.25) is 0 Å². The van der Waals surface area contributed by atoms with Crippen molar-refractivity contribution in [3.05, 3.63) is 58.2 Å². The number of hydrogen-bond acceptors (Lipinski definition) is 2. The predicted octanol–water partition coefficient (Wildman–Crippen LogP) is 2.99. The molecule has 2 aromatic heterocycles. The molecule has 0 aliphatic heterocycles. The minimum atomic E-state index is -2.06. The molecule has 10 heteroatoms. The molecule has 2 heterocycles. The first-order valence-electron chi connectivity index (χ1n) is 5.16. The maximum atomic E-state index is 13.2. The van der Waals surface area contributed by atoms with E-state index in [0.29, 0.717) is 0 Å². The summed E-state index contributed by atoms with van der Waals surface area (Å²) < 4.78 is 104. The third kappa shape index (κ3) is 2.57. The van der Waals surface area contributed by atoms with Crippen LogP contribution in [0.2, 0.25) is 0 Å². The molecular weight excluding hydrogens is 324 g/mol. The standard InChI is InChI=1S/C12F8N2/c13-5-3(6(14)10(18)21-9(5)17)1-2-4-7(15)11(19)22-12(20)8(4)16. The largest absolute Gasteiger partial charge is 0.253 e. The van der Waals surface area contributed by atoms with Crippen LogP contribution < -0.4 is 0 Å². The van der Waals surface area contributed by atoms with Crippen molar-refractivity contribution in [1.29, 1.82) is 0 Å². The van der Waals surface area contributed by atoms with Crippen LogP contribution in [0.3, 0.4) is 0 Å². The summed E-state index contributed by atoms with van der Waals surface area (Å²) in [7, 11) is 0. The smallest absolute Gasteiger partial charge is 0.200 e. The van der Waals surface area contributed by atoms with Gasteiger partial charge >= 0.3 is 0 Å². The third-order valence-electron chi connectivity index (χ3n) is 2.31. The zero-order valence-electron chi connectivity index (χ0n) is 9.92. The molecule has 2 nitrogen and oxygen atoms in total. The number of pyridine rings is 2. The second-order valence-corrected chi connectivity index (χ2v) is 3.64. The van der Waals surface area contributed by atoms with Gasteiger partial charge in [-0.05, 0) is 0 Å². The van der Waals surface area contributed by atoms with Gasteiger partial charge in [0.25, 0.3) is 23.8 Å². The zero-order valence-corrected chi connectivity index (χ0v) is 9.92. The monoisotopic (exact) mass is 324 g/mol. The van der Waals surface area contributed by atoms with Crippen LogP contribution in [0.4, 0.5) is 35.1 Å². The number of nitrogens with zero attached hydrogens (tertiary/aromatic N) is 2. The molecule has 22 heavy (non-hydrogen) atoms. The summed E-state index contributed by atoms with van der Waals surface area (Å²) in [5.74, 6) is -13.7. The van der Waals surface area contributed by atoms with Crippen LogP contribution in [0, 0.1) is 58.9 Å². The van der Waals surface area contributed by atoms with Gasteiger partial charge < -0.3 is 0 Å². The van der Waals surface area contributed by atoms with E-state index in [1.807, 2.05) is 0 Å². The first-order valence-corrected chi connectivity index (χ1v) is 5.16. The van der Waals surface area contributed by atoms with E-state index in [1.54, 1.807) is 0 Å². The first-order chi connectivity index (χ1) is 10.2. The molecule has 0 spiro atoms. The van der Waals surface area contributed by atoms with Gasteiger partial charge in [-0.2, -0.15) is 27.5 Å². The van der Waals surface area contributed by atoms with E-state index in [4.69, 9.17) is 0 Å². The fraction of sp³-hybridized carbons (Fsp3) is 0. The molecule has 0 amide bonds. The van der Waals surface area contributed by atoms with Crippen molar-refractivity contribution in [1.82, 2.24) is 9.97 Å². The Kier molecular flexibility index (Phi) is 3.99. The predicted molar refractivity (Wildman–Crippen MR) is 54.1 cm³/mol. The van der Waals surface area contributed by atoms with Gasteiger partial charge in [0.05, 0.1) is 0 Å². The topological polar surface area (TPSA) is 25.8 Å². The Morgan fingerprint density at radius 1 is 0.455 bits per heavy atom. The lowest BCUT2D eigenvalue weighted by Gasteiger charge is -2.00. The normalized spacial score (nSPS) is 10.4. The highest BCUT2D eigenvalue weighted by Gasteiger charge is 2.21. The van der Waals surface area contributed by atoms with E-state index in [0.717, 1.165) is 0 Å². The summed E-state index contributed by atoms with van der Waals surface area (Å²) in [6.45, 7) is 0. The van der Waals surface area contributed by atoms with Gasteiger partial charge in [0, 0.05) is 0 Å². The molecule has 2 rings (SSSR count). The Labute approximate surface area is 116 Å².